The Morgan fingerprint density at radius 3 is 2.36 bits per heavy atom. The van der Waals surface area contributed by atoms with Crippen LogP contribution in [0.2, 0.25) is 0 Å². The van der Waals surface area contributed by atoms with Crippen LogP contribution in [0, 0.1) is 6.92 Å². The van der Waals surface area contributed by atoms with Crippen molar-refractivity contribution in [1.82, 2.24) is 0 Å². The third-order valence-electron chi connectivity index (χ3n) is 1.55. The van der Waals surface area contributed by atoms with E-state index in [1.54, 1.807) is 24.3 Å². The molecule has 0 aromatic heterocycles. The number of carbonyl (C=O) groups excluding carboxylic acids is 1. The van der Waals surface area contributed by atoms with Gasteiger partial charge in [-0.1, -0.05) is 17.7 Å². The van der Waals surface area contributed by atoms with Crippen molar-refractivity contribution < 1.29 is 19.4 Å². The minimum absolute atomic E-state index is 0.363. The number of hydrogen-bond donors (Lipinski definition) is 1. The summed E-state index contributed by atoms with van der Waals surface area (Å²) in [5, 5.41) is 8.31. The average molecular weight is 194 g/mol. The van der Waals surface area contributed by atoms with Crippen molar-refractivity contribution in [3.8, 4) is 5.75 Å². The summed E-state index contributed by atoms with van der Waals surface area (Å²) in [6, 6.07) is 6.80. The third-order valence-corrected chi connectivity index (χ3v) is 1.55. The summed E-state index contributed by atoms with van der Waals surface area (Å²) >= 11 is 0. The average Bonchev–Trinajstić information content (AvgIpc) is 2.07. The number of ether oxygens (including phenoxy) is 1. The maximum Gasteiger partial charge on any atom is 0.322 e. The second-order valence-electron chi connectivity index (χ2n) is 2.86. The molecule has 0 bridgehead atoms. The van der Waals surface area contributed by atoms with Gasteiger partial charge in [0.1, 0.15) is 12.2 Å². The predicted octanol–water partition coefficient (Wildman–Crippen LogP) is 1.38. The van der Waals surface area contributed by atoms with Gasteiger partial charge in [0.25, 0.3) is 0 Å². The van der Waals surface area contributed by atoms with E-state index in [0.29, 0.717) is 5.75 Å². The molecule has 1 rings (SSSR count). The molecule has 14 heavy (non-hydrogen) atoms. The van der Waals surface area contributed by atoms with Gasteiger partial charge in [0.05, 0.1) is 0 Å². The van der Waals surface area contributed by atoms with E-state index in [-0.39, 0.29) is 0 Å². The zero-order chi connectivity index (χ0) is 10.6. The second-order valence-corrected chi connectivity index (χ2v) is 2.86. The molecule has 0 radical (unpaired) electrons. The number of carbonyl (C=O) groups is 2. The molecule has 0 atom stereocenters. The van der Waals surface area contributed by atoms with Gasteiger partial charge in [-0.15, -0.1) is 0 Å². The van der Waals surface area contributed by atoms with E-state index in [1.807, 2.05) is 6.92 Å². The van der Waals surface area contributed by atoms with Gasteiger partial charge in [0.2, 0.25) is 0 Å². The van der Waals surface area contributed by atoms with Gasteiger partial charge in [0, 0.05) is 0 Å². The van der Waals surface area contributed by atoms with Crippen LogP contribution in [0.25, 0.3) is 0 Å². The molecule has 0 aliphatic rings. The Balaban J connectivity index is 2.56. The van der Waals surface area contributed by atoms with Gasteiger partial charge in [-0.3, -0.25) is 9.59 Å². The smallest absolute Gasteiger partial charge is 0.322 e. The third kappa shape index (κ3) is 3.26. The van der Waals surface area contributed by atoms with E-state index < -0.39 is 18.4 Å². The molecule has 0 spiro atoms. The molecular weight excluding hydrogens is 184 g/mol. The van der Waals surface area contributed by atoms with Crippen LogP contribution in [0.15, 0.2) is 24.3 Å². The Kier molecular flexibility index (Phi) is 3.23. The molecule has 0 heterocycles. The second kappa shape index (κ2) is 4.41. The first kappa shape index (κ1) is 10.2. The Hall–Kier alpha value is -1.84. The van der Waals surface area contributed by atoms with E-state index in [4.69, 9.17) is 9.84 Å². The normalized spacial score (nSPS) is 9.50. The van der Waals surface area contributed by atoms with Crippen molar-refractivity contribution in [2.75, 3.05) is 0 Å². The summed E-state index contributed by atoms with van der Waals surface area (Å²) in [7, 11) is 0. The zero-order valence-electron chi connectivity index (χ0n) is 7.69. The molecule has 1 aromatic carbocycles. The molecule has 74 valence electrons. The van der Waals surface area contributed by atoms with Crippen LogP contribution in [-0.4, -0.2) is 17.0 Å². The summed E-state index contributed by atoms with van der Waals surface area (Å²) in [6.07, 6.45) is -0.617. The number of hydrogen-bond acceptors (Lipinski definition) is 3. The van der Waals surface area contributed by atoms with Crippen LogP contribution in [0.3, 0.4) is 0 Å². The van der Waals surface area contributed by atoms with Gasteiger partial charge >= 0.3 is 11.9 Å². The van der Waals surface area contributed by atoms with Gasteiger partial charge < -0.3 is 9.84 Å². The Morgan fingerprint density at radius 1 is 1.29 bits per heavy atom. The first-order chi connectivity index (χ1) is 6.58. The van der Waals surface area contributed by atoms with Crippen molar-refractivity contribution >= 4 is 11.9 Å². The number of benzene rings is 1. The van der Waals surface area contributed by atoms with Gasteiger partial charge in [-0.2, -0.15) is 0 Å². The lowest BCUT2D eigenvalue weighted by atomic mass is 10.2. The highest BCUT2D eigenvalue weighted by Crippen LogP contribution is 2.11. The molecule has 0 amide bonds. The van der Waals surface area contributed by atoms with Gasteiger partial charge in [-0.05, 0) is 19.1 Å². The van der Waals surface area contributed by atoms with Crippen LogP contribution < -0.4 is 4.74 Å². The number of aliphatic carboxylic acids is 1. The molecule has 0 aliphatic heterocycles. The molecular formula is C10H10O4. The first-order valence-electron chi connectivity index (χ1n) is 4.07. The van der Waals surface area contributed by atoms with Gasteiger partial charge in [0.15, 0.2) is 0 Å². The summed E-state index contributed by atoms with van der Waals surface area (Å²) < 4.78 is 4.76. The molecule has 1 N–H and O–H groups in total. The molecule has 0 saturated heterocycles. The van der Waals surface area contributed by atoms with Crippen LogP contribution in [0.4, 0.5) is 0 Å². The highest BCUT2D eigenvalue weighted by Gasteiger charge is 2.09. The van der Waals surface area contributed by atoms with E-state index in [1.165, 1.54) is 0 Å². The molecule has 0 fully saturated rings. The standard InChI is InChI=1S/C10H10O4/c1-7-2-4-8(5-3-7)14-10(13)6-9(11)12/h2-5H,6H2,1H3,(H,11,12). The van der Waals surface area contributed by atoms with Crippen molar-refractivity contribution in [3.63, 3.8) is 0 Å². The van der Waals surface area contributed by atoms with Crippen molar-refractivity contribution in [3.05, 3.63) is 29.8 Å². The minimum Gasteiger partial charge on any atom is -0.481 e. The Morgan fingerprint density at radius 2 is 1.86 bits per heavy atom. The number of rotatable bonds is 3. The fourth-order valence-electron chi connectivity index (χ4n) is 0.897. The van der Waals surface area contributed by atoms with Crippen LogP contribution in [-0.2, 0) is 9.59 Å². The van der Waals surface area contributed by atoms with Crippen LogP contribution in [0.1, 0.15) is 12.0 Å². The molecule has 4 heteroatoms. The lowest BCUT2D eigenvalue weighted by Crippen LogP contribution is -2.13. The predicted molar refractivity (Wildman–Crippen MR) is 49.1 cm³/mol. The van der Waals surface area contributed by atoms with E-state index in [9.17, 15) is 9.59 Å². The maximum atomic E-state index is 10.9. The van der Waals surface area contributed by atoms with E-state index in [0.717, 1.165) is 5.56 Å². The fourth-order valence-corrected chi connectivity index (χ4v) is 0.897. The van der Waals surface area contributed by atoms with Crippen molar-refractivity contribution in [2.45, 2.75) is 13.3 Å². The summed E-state index contributed by atoms with van der Waals surface area (Å²) in [6.45, 7) is 1.91. The van der Waals surface area contributed by atoms with E-state index in [2.05, 4.69) is 0 Å². The molecule has 0 unspecified atom stereocenters. The lowest BCUT2D eigenvalue weighted by molar-refractivity contribution is -0.145. The summed E-state index contributed by atoms with van der Waals surface area (Å²) in [5.74, 6) is -1.59. The topological polar surface area (TPSA) is 63.6 Å². The largest absolute Gasteiger partial charge is 0.481 e. The molecule has 1 aromatic rings. The summed E-state index contributed by atoms with van der Waals surface area (Å²) in [5.41, 5.74) is 1.04. The fraction of sp³-hybridized carbons (Fsp3) is 0.200. The molecule has 0 aliphatic carbocycles. The number of carboxylic acid groups (broad SMARTS) is 1. The summed E-state index contributed by atoms with van der Waals surface area (Å²) in [4.78, 5) is 21.1. The minimum atomic E-state index is -1.19. The molecule has 0 saturated carbocycles. The van der Waals surface area contributed by atoms with Crippen LogP contribution >= 0.6 is 0 Å². The van der Waals surface area contributed by atoms with Crippen LogP contribution in [0.5, 0.6) is 5.75 Å². The number of aryl methyl sites for hydroxylation is 1. The highest BCUT2D eigenvalue weighted by atomic mass is 16.5. The SMILES string of the molecule is Cc1ccc(OC(=O)CC(=O)O)cc1. The highest BCUT2D eigenvalue weighted by molar-refractivity contribution is 5.91. The Labute approximate surface area is 81.1 Å². The maximum absolute atomic E-state index is 10.9. The van der Waals surface area contributed by atoms with E-state index >= 15 is 0 Å². The van der Waals surface area contributed by atoms with Gasteiger partial charge in [-0.25, -0.2) is 0 Å². The van der Waals surface area contributed by atoms with Crippen molar-refractivity contribution in [2.24, 2.45) is 0 Å². The van der Waals surface area contributed by atoms with Crippen molar-refractivity contribution in [1.29, 1.82) is 0 Å². The lowest BCUT2D eigenvalue weighted by Gasteiger charge is -2.02. The Bertz CT molecular complexity index is 340. The zero-order valence-corrected chi connectivity index (χ0v) is 7.69. The molecule has 4 nitrogen and oxygen atoms in total. The number of esters is 1. The first-order valence-corrected chi connectivity index (χ1v) is 4.07. The number of carboxylic acids is 1. The monoisotopic (exact) mass is 194 g/mol. The quantitative estimate of drug-likeness (QED) is 0.448.